The summed E-state index contributed by atoms with van der Waals surface area (Å²) in [6, 6.07) is 20.5. The number of aryl methyl sites for hydroxylation is 1. The first-order valence-corrected chi connectivity index (χ1v) is 11.2. The molecule has 0 bridgehead atoms. The van der Waals surface area contributed by atoms with E-state index in [0.29, 0.717) is 28.7 Å². The van der Waals surface area contributed by atoms with Gasteiger partial charge in [-0.3, -0.25) is 14.4 Å². The summed E-state index contributed by atoms with van der Waals surface area (Å²) in [5.41, 5.74) is 4.84. The van der Waals surface area contributed by atoms with Gasteiger partial charge in [-0.15, -0.1) is 0 Å². The van der Waals surface area contributed by atoms with Crippen LogP contribution in [-0.4, -0.2) is 31.5 Å². The maximum atomic E-state index is 12.7. The molecule has 0 unspecified atom stereocenters. The summed E-state index contributed by atoms with van der Waals surface area (Å²) in [5.74, 6) is -0.0762. The van der Waals surface area contributed by atoms with Crippen molar-refractivity contribution in [3.05, 3.63) is 71.3 Å². The number of hydrogen-bond donors (Lipinski definition) is 0. The number of aromatic nitrogens is 2. The van der Waals surface area contributed by atoms with E-state index in [1.54, 1.807) is 9.58 Å². The first-order chi connectivity index (χ1) is 15.1. The van der Waals surface area contributed by atoms with Crippen molar-refractivity contribution in [1.29, 1.82) is 5.26 Å². The fourth-order valence-corrected chi connectivity index (χ4v) is 4.79. The summed E-state index contributed by atoms with van der Waals surface area (Å²) in [5, 5.41) is 13.6. The molecule has 1 aromatic heterocycles. The molecule has 1 aliphatic rings. The van der Waals surface area contributed by atoms with E-state index in [4.69, 9.17) is 22.6 Å². The number of nitrogens with zero attached hydrogens (tertiary/aromatic N) is 4. The molecule has 4 rings (SSSR count). The third-order valence-corrected chi connectivity index (χ3v) is 6.36. The second-order valence-corrected chi connectivity index (χ2v) is 8.65. The minimum Gasteiger partial charge on any atom is -0.293 e. The van der Waals surface area contributed by atoms with Crippen molar-refractivity contribution >= 4 is 40.3 Å². The lowest BCUT2D eigenvalue weighted by Gasteiger charge is -2.09. The molecule has 3 aromatic rings. The third-order valence-electron chi connectivity index (χ3n) is 4.98. The standard InChI is InChI=1S/C24H20N4OS2/c1-2-28-23(29)21(31-24(28)30)15-20-16-27(14-6-13-25)26-22(20)19-11-9-18(10-12-19)17-7-4-3-5-8-17/h3-5,7-12,15-16H,2,6,14H2,1H3/b21-15-. The van der Waals surface area contributed by atoms with Gasteiger partial charge < -0.3 is 0 Å². The SMILES string of the molecule is CCN1C(=O)/C(=C/c2cn(CCC#N)nc2-c2ccc(-c3ccccc3)cc2)SC1=S. The Labute approximate surface area is 191 Å². The molecule has 7 heteroatoms. The number of hydrogen-bond acceptors (Lipinski definition) is 5. The number of carbonyl (C=O) groups is 1. The molecule has 2 aromatic carbocycles. The lowest BCUT2D eigenvalue weighted by molar-refractivity contribution is -0.121. The fraction of sp³-hybridized carbons (Fsp3) is 0.167. The summed E-state index contributed by atoms with van der Waals surface area (Å²) >= 11 is 6.64. The zero-order chi connectivity index (χ0) is 21.8. The van der Waals surface area contributed by atoms with E-state index in [1.165, 1.54) is 11.8 Å². The maximum Gasteiger partial charge on any atom is 0.266 e. The highest BCUT2D eigenvalue weighted by molar-refractivity contribution is 8.26. The quantitative estimate of drug-likeness (QED) is 0.379. The molecule has 1 amide bonds. The van der Waals surface area contributed by atoms with E-state index < -0.39 is 0 Å². The number of carbonyl (C=O) groups excluding carboxylic acids is 1. The van der Waals surface area contributed by atoms with Crippen LogP contribution in [0.3, 0.4) is 0 Å². The summed E-state index contributed by atoms with van der Waals surface area (Å²) in [4.78, 5) is 14.8. The number of likely N-dealkylation sites (N-methyl/N-ethyl adjacent to an activating group) is 1. The van der Waals surface area contributed by atoms with Crippen molar-refractivity contribution in [3.8, 4) is 28.5 Å². The predicted molar refractivity (Wildman–Crippen MR) is 129 cm³/mol. The lowest BCUT2D eigenvalue weighted by Crippen LogP contribution is -2.27. The van der Waals surface area contributed by atoms with Gasteiger partial charge in [0.05, 0.1) is 29.6 Å². The van der Waals surface area contributed by atoms with Crippen LogP contribution in [0.2, 0.25) is 0 Å². The molecule has 31 heavy (non-hydrogen) atoms. The van der Waals surface area contributed by atoms with Gasteiger partial charge in [0.25, 0.3) is 5.91 Å². The zero-order valence-electron chi connectivity index (χ0n) is 17.0. The third kappa shape index (κ3) is 4.46. The Kier molecular flexibility index (Phi) is 6.31. The second kappa shape index (κ2) is 9.29. The van der Waals surface area contributed by atoms with Crippen molar-refractivity contribution < 1.29 is 4.79 Å². The van der Waals surface area contributed by atoms with Crippen LogP contribution in [-0.2, 0) is 11.3 Å². The van der Waals surface area contributed by atoms with E-state index in [0.717, 1.165) is 27.9 Å². The van der Waals surface area contributed by atoms with Gasteiger partial charge in [-0.1, -0.05) is 78.6 Å². The van der Waals surface area contributed by atoms with Crippen LogP contribution in [0.4, 0.5) is 0 Å². The number of thioether (sulfide) groups is 1. The molecule has 5 nitrogen and oxygen atoms in total. The highest BCUT2D eigenvalue weighted by Crippen LogP contribution is 2.34. The molecule has 0 radical (unpaired) electrons. The van der Waals surface area contributed by atoms with Crippen LogP contribution in [0, 0.1) is 11.3 Å². The van der Waals surface area contributed by atoms with E-state index in [2.05, 4.69) is 30.3 Å². The lowest BCUT2D eigenvalue weighted by atomic mass is 10.0. The molecule has 0 N–H and O–H groups in total. The van der Waals surface area contributed by atoms with E-state index in [9.17, 15) is 4.79 Å². The molecule has 2 heterocycles. The maximum absolute atomic E-state index is 12.7. The van der Waals surface area contributed by atoms with Crippen LogP contribution in [0.5, 0.6) is 0 Å². The monoisotopic (exact) mass is 444 g/mol. The van der Waals surface area contributed by atoms with Crippen molar-refractivity contribution in [3.63, 3.8) is 0 Å². The van der Waals surface area contributed by atoms with Gasteiger partial charge in [0.2, 0.25) is 0 Å². The topological polar surface area (TPSA) is 61.9 Å². The van der Waals surface area contributed by atoms with Crippen molar-refractivity contribution in [1.82, 2.24) is 14.7 Å². The van der Waals surface area contributed by atoms with Gasteiger partial charge in [-0.2, -0.15) is 10.4 Å². The smallest absolute Gasteiger partial charge is 0.266 e. The first-order valence-electron chi connectivity index (χ1n) is 9.96. The summed E-state index contributed by atoms with van der Waals surface area (Å²) in [7, 11) is 0. The van der Waals surface area contributed by atoms with Crippen LogP contribution >= 0.6 is 24.0 Å². The summed E-state index contributed by atoms with van der Waals surface area (Å²) in [6.07, 6.45) is 4.10. The molecule has 0 spiro atoms. The largest absolute Gasteiger partial charge is 0.293 e. The first kappa shape index (κ1) is 21.0. The Balaban J connectivity index is 1.71. The van der Waals surface area contributed by atoms with Gasteiger partial charge in [0.1, 0.15) is 4.32 Å². The molecule has 1 aliphatic heterocycles. The van der Waals surface area contributed by atoms with Gasteiger partial charge >= 0.3 is 0 Å². The number of nitriles is 1. The molecule has 0 saturated carbocycles. The van der Waals surface area contributed by atoms with Crippen LogP contribution in [0.25, 0.3) is 28.5 Å². The molecule has 1 saturated heterocycles. The number of benzene rings is 2. The van der Waals surface area contributed by atoms with E-state index in [1.807, 2.05) is 49.5 Å². The second-order valence-electron chi connectivity index (χ2n) is 6.97. The summed E-state index contributed by atoms with van der Waals surface area (Å²) < 4.78 is 2.33. The van der Waals surface area contributed by atoms with Gasteiger partial charge in [-0.05, 0) is 24.1 Å². The zero-order valence-corrected chi connectivity index (χ0v) is 18.6. The Hall–Kier alpha value is -3.21. The highest BCUT2D eigenvalue weighted by atomic mass is 32.2. The van der Waals surface area contributed by atoms with Crippen LogP contribution in [0.15, 0.2) is 65.7 Å². The van der Waals surface area contributed by atoms with Gasteiger partial charge in [0, 0.05) is 23.9 Å². The minimum absolute atomic E-state index is 0.0762. The van der Waals surface area contributed by atoms with Crippen LogP contribution in [0.1, 0.15) is 18.9 Å². The van der Waals surface area contributed by atoms with Crippen molar-refractivity contribution in [2.24, 2.45) is 0 Å². The molecule has 0 atom stereocenters. The Morgan fingerprint density at radius 2 is 1.77 bits per heavy atom. The van der Waals surface area contributed by atoms with E-state index in [-0.39, 0.29) is 5.91 Å². The van der Waals surface area contributed by atoms with Gasteiger partial charge in [0.15, 0.2) is 0 Å². The minimum atomic E-state index is -0.0762. The number of rotatable bonds is 6. The number of amides is 1. The van der Waals surface area contributed by atoms with Gasteiger partial charge in [-0.25, -0.2) is 0 Å². The predicted octanol–water partition coefficient (Wildman–Crippen LogP) is 5.35. The Morgan fingerprint density at radius 3 is 2.42 bits per heavy atom. The summed E-state index contributed by atoms with van der Waals surface area (Å²) in [6.45, 7) is 2.96. The van der Waals surface area contributed by atoms with Crippen molar-refractivity contribution in [2.75, 3.05) is 6.54 Å². The number of thiocarbonyl (C=S) groups is 1. The molecular formula is C24H20N4OS2. The normalized spacial score (nSPS) is 15.0. The Morgan fingerprint density at radius 1 is 1.10 bits per heavy atom. The fourth-order valence-electron chi connectivity index (χ4n) is 3.41. The molecule has 1 fully saturated rings. The Bertz CT molecular complexity index is 1190. The van der Waals surface area contributed by atoms with E-state index >= 15 is 0 Å². The average Bonchev–Trinajstić information content (AvgIpc) is 3.32. The molecule has 154 valence electrons. The van der Waals surface area contributed by atoms with Crippen LogP contribution < -0.4 is 0 Å². The average molecular weight is 445 g/mol. The van der Waals surface area contributed by atoms with Crippen molar-refractivity contribution in [2.45, 2.75) is 19.9 Å². The molecular weight excluding hydrogens is 424 g/mol. The highest BCUT2D eigenvalue weighted by Gasteiger charge is 2.31. The molecule has 0 aliphatic carbocycles.